The molecule has 1 aromatic rings. The molecule has 1 fully saturated rings. The predicted octanol–water partition coefficient (Wildman–Crippen LogP) is 1.54. The molecule has 0 aromatic carbocycles. The average Bonchev–Trinajstić information content (AvgIpc) is 2.95. The number of anilines is 1. The summed E-state index contributed by atoms with van der Waals surface area (Å²) in [5.41, 5.74) is 0.367. The Morgan fingerprint density at radius 3 is 3.06 bits per heavy atom. The zero-order chi connectivity index (χ0) is 12.4. The molecule has 0 saturated carbocycles. The SMILES string of the molecule is COC(=O)c1csc(N(C)C2CCOC2C)n1. The highest BCUT2D eigenvalue weighted by Gasteiger charge is 2.29. The van der Waals surface area contributed by atoms with Gasteiger partial charge in [-0.25, -0.2) is 9.78 Å². The summed E-state index contributed by atoms with van der Waals surface area (Å²) >= 11 is 1.45. The second-order valence-corrected chi connectivity index (χ2v) is 4.89. The van der Waals surface area contributed by atoms with Crippen LogP contribution in [0.2, 0.25) is 0 Å². The Balaban J connectivity index is 2.11. The molecule has 0 N–H and O–H groups in total. The lowest BCUT2D eigenvalue weighted by atomic mass is 10.1. The lowest BCUT2D eigenvalue weighted by molar-refractivity contribution is 0.0595. The van der Waals surface area contributed by atoms with Gasteiger partial charge in [0.15, 0.2) is 10.8 Å². The van der Waals surface area contributed by atoms with Crippen molar-refractivity contribution in [1.82, 2.24) is 4.98 Å². The van der Waals surface area contributed by atoms with Gasteiger partial charge in [-0.1, -0.05) is 0 Å². The maximum atomic E-state index is 11.3. The summed E-state index contributed by atoms with van der Waals surface area (Å²) in [7, 11) is 3.34. The van der Waals surface area contributed by atoms with Crippen LogP contribution >= 0.6 is 11.3 Å². The number of aromatic nitrogens is 1. The number of methoxy groups -OCH3 is 1. The van der Waals surface area contributed by atoms with Crippen molar-refractivity contribution in [2.75, 3.05) is 25.7 Å². The van der Waals surface area contributed by atoms with Crippen molar-refractivity contribution in [3.05, 3.63) is 11.1 Å². The quantitative estimate of drug-likeness (QED) is 0.768. The minimum absolute atomic E-state index is 0.200. The molecule has 0 aliphatic carbocycles. The maximum Gasteiger partial charge on any atom is 0.357 e. The topological polar surface area (TPSA) is 51.7 Å². The van der Waals surface area contributed by atoms with Crippen LogP contribution in [-0.4, -0.2) is 43.9 Å². The molecule has 0 amide bonds. The zero-order valence-corrected chi connectivity index (χ0v) is 11.0. The fraction of sp³-hybridized carbons (Fsp3) is 0.636. The number of rotatable bonds is 3. The number of thiazole rings is 1. The highest BCUT2D eigenvalue weighted by atomic mass is 32.1. The maximum absolute atomic E-state index is 11.3. The Kier molecular flexibility index (Phi) is 3.63. The van der Waals surface area contributed by atoms with Crippen LogP contribution in [0.3, 0.4) is 0 Å². The Morgan fingerprint density at radius 2 is 2.47 bits per heavy atom. The minimum atomic E-state index is -0.392. The van der Waals surface area contributed by atoms with Crippen LogP contribution in [0.15, 0.2) is 5.38 Å². The monoisotopic (exact) mass is 256 g/mol. The van der Waals surface area contributed by atoms with Gasteiger partial charge in [0.1, 0.15) is 0 Å². The third kappa shape index (κ3) is 2.42. The number of likely N-dealkylation sites (N-methyl/N-ethyl adjacent to an activating group) is 1. The smallest absolute Gasteiger partial charge is 0.357 e. The summed E-state index contributed by atoms with van der Waals surface area (Å²) in [6, 6.07) is 0.326. The van der Waals surface area contributed by atoms with E-state index in [0.29, 0.717) is 11.7 Å². The number of nitrogens with zero attached hydrogens (tertiary/aromatic N) is 2. The lowest BCUT2D eigenvalue weighted by Crippen LogP contribution is -2.36. The minimum Gasteiger partial charge on any atom is -0.464 e. The van der Waals surface area contributed by atoms with Crippen LogP contribution < -0.4 is 4.90 Å². The van der Waals surface area contributed by atoms with Crippen LogP contribution in [-0.2, 0) is 9.47 Å². The van der Waals surface area contributed by atoms with E-state index in [4.69, 9.17) is 4.74 Å². The van der Waals surface area contributed by atoms with E-state index in [1.54, 1.807) is 5.38 Å². The van der Waals surface area contributed by atoms with E-state index in [0.717, 1.165) is 18.2 Å². The van der Waals surface area contributed by atoms with E-state index in [1.807, 2.05) is 7.05 Å². The van der Waals surface area contributed by atoms with Gasteiger partial charge in [-0.05, 0) is 13.3 Å². The van der Waals surface area contributed by atoms with Gasteiger partial charge in [-0.15, -0.1) is 11.3 Å². The molecule has 1 saturated heterocycles. The molecular formula is C11H16N2O3S. The van der Waals surface area contributed by atoms with E-state index in [-0.39, 0.29) is 6.10 Å². The van der Waals surface area contributed by atoms with E-state index < -0.39 is 5.97 Å². The fourth-order valence-electron chi connectivity index (χ4n) is 2.00. The molecule has 0 bridgehead atoms. The number of ether oxygens (including phenoxy) is 2. The van der Waals surface area contributed by atoms with Gasteiger partial charge in [0.05, 0.1) is 19.3 Å². The molecule has 0 spiro atoms. The summed E-state index contributed by atoms with van der Waals surface area (Å²) in [4.78, 5) is 17.7. The van der Waals surface area contributed by atoms with Crippen molar-refractivity contribution in [2.24, 2.45) is 0 Å². The number of esters is 1. The van der Waals surface area contributed by atoms with E-state index in [1.165, 1.54) is 18.4 Å². The van der Waals surface area contributed by atoms with Crippen LogP contribution in [0.1, 0.15) is 23.8 Å². The summed E-state index contributed by atoms with van der Waals surface area (Å²) in [5.74, 6) is -0.392. The molecule has 17 heavy (non-hydrogen) atoms. The van der Waals surface area contributed by atoms with Gasteiger partial charge in [0.25, 0.3) is 0 Å². The number of hydrogen-bond acceptors (Lipinski definition) is 6. The standard InChI is InChI=1S/C11H16N2O3S/c1-7-9(4-5-16-7)13(2)11-12-8(6-17-11)10(14)15-3/h6-7,9H,4-5H2,1-3H3. The molecule has 5 nitrogen and oxygen atoms in total. The summed E-state index contributed by atoms with van der Waals surface area (Å²) in [6.45, 7) is 2.84. The van der Waals surface area contributed by atoms with Crippen LogP contribution in [0.4, 0.5) is 5.13 Å². The average molecular weight is 256 g/mol. The number of carbonyl (C=O) groups excluding carboxylic acids is 1. The number of carbonyl (C=O) groups is 1. The van der Waals surface area contributed by atoms with Crippen LogP contribution in [0.25, 0.3) is 0 Å². The first-order chi connectivity index (χ1) is 8.13. The molecular weight excluding hydrogens is 240 g/mol. The predicted molar refractivity (Wildman–Crippen MR) is 65.7 cm³/mol. The molecule has 94 valence electrons. The second kappa shape index (κ2) is 5.01. The van der Waals surface area contributed by atoms with Crippen molar-refractivity contribution >= 4 is 22.4 Å². The fourth-order valence-corrected chi connectivity index (χ4v) is 2.81. The van der Waals surface area contributed by atoms with Gasteiger partial charge in [-0.2, -0.15) is 0 Å². The Bertz CT molecular complexity index is 407. The van der Waals surface area contributed by atoms with E-state index in [9.17, 15) is 4.79 Å². The zero-order valence-electron chi connectivity index (χ0n) is 10.2. The molecule has 2 unspecified atom stereocenters. The molecule has 2 atom stereocenters. The second-order valence-electron chi connectivity index (χ2n) is 4.05. The van der Waals surface area contributed by atoms with Gasteiger partial charge in [-0.3, -0.25) is 0 Å². The third-order valence-corrected chi connectivity index (χ3v) is 3.95. The highest BCUT2D eigenvalue weighted by molar-refractivity contribution is 7.13. The highest BCUT2D eigenvalue weighted by Crippen LogP contribution is 2.27. The van der Waals surface area contributed by atoms with Gasteiger partial charge >= 0.3 is 5.97 Å². The van der Waals surface area contributed by atoms with Gasteiger partial charge in [0, 0.05) is 19.0 Å². The van der Waals surface area contributed by atoms with Crippen LogP contribution in [0, 0.1) is 0 Å². The van der Waals surface area contributed by atoms with E-state index in [2.05, 4.69) is 21.5 Å². The first-order valence-electron chi connectivity index (χ1n) is 5.51. The number of hydrogen-bond donors (Lipinski definition) is 0. The lowest BCUT2D eigenvalue weighted by Gasteiger charge is -2.25. The third-order valence-electron chi connectivity index (χ3n) is 3.02. The van der Waals surface area contributed by atoms with Crippen molar-refractivity contribution in [1.29, 1.82) is 0 Å². The summed E-state index contributed by atoms with van der Waals surface area (Å²) in [5, 5.41) is 2.55. The molecule has 1 aromatic heterocycles. The molecule has 1 aliphatic rings. The van der Waals surface area contributed by atoms with Crippen molar-refractivity contribution in [3.8, 4) is 0 Å². The first kappa shape index (κ1) is 12.3. The Hall–Kier alpha value is -1.14. The first-order valence-corrected chi connectivity index (χ1v) is 6.39. The van der Waals surface area contributed by atoms with Crippen molar-refractivity contribution in [3.63, 3.8) is 0 Å². The Labute approximate surface area is 104 Å². The molecule has 2 heterocycles. The summed E-state index contributed by atoms with van der Waals surface area (Å²) in [6.07, 6.45) is 1.19. The van der Waals surface area contributed by atoms with Crippen LogP contribution in [0.5, 0.6) is 0 Å². The van der Waals surface area contributed by atoms with Gasteiger partial charge < -0.3 is 14.4 Å². The largest absolute Gasteiger partial charge is 0.464 e. The normalized spacial score (nSPS) is 23.7. The molecule has 2 rings (SSSR count). The van der Waals surface area contributed by atoms with Crippen molar-refractivity contribution < 1.29 is 14.3 Å². The molecule has 1 aliphatic heterocycles. The summed E-state index contributed by atoms with van der Waals surface area (Å²) < 4.78 is 10.2. The van der Waals surface area contributed by atoms with Crippen molar-refractivity contribution in [2.45, 2.75) is 25.5 Å². The molecule has 6 heteroatoms. The van der Waals surface area contributed by atoms with E-state index >= 15 is 0 Å². The Morgan fingerprint density at radius 1 is 1.71 bits per heavy atom. The molecule has 0 radical (unpaired) electrons. The van der Waals surface area contributed by atoms with Gasteiger partial charge in [0.2, 0.25) is 0 Å².